The molecule has 0 aromatic carbocycles. The van der Waals surface area contributed by atoms with Crippen LogP contribution >= 0.6 is 0 Å². The Morgan fingerprint density at radius 1 is 0.500 bits per heavy atom. The van der Waals surface area contributed by atoms with E-state index in [1.807, 2.05) is 0 Å². The van der Waals surface area contributed by atoms with Gasteiger partial charge in [0.2, 0.25) is 0 Å². The Kier molecular flexibility index (Phi) is 24.9. The second kappa shape index (κ2) is 25.9. The van der Waals surface area contributed by atoms with Crippen molar-refractivity contribution in [2.45, 2.75) is 154 Å². The van der Waals surface area contributed by atoms with Crippen LogP contribution in [0.25, 0.3) is 0 Å². The van der Waals surface area contributed by atoms with Gasteiger partial charge in [-0.05, 0) is 12.8 Å². The highest BCUT2D eigenvalue weighted by molar-refractivity contribution is 5.69. The standard InChI is InChI=1S/C28H52O4/c1-2-32-28(31)26-24-22-20-18-16-14-12-10-8-6-4-3-5-7-9-11-13-15-17-19-21-23-25-27(29)30/h2H,1,3-26H2,(H,29,30). The lowest BCUT2D eigenvalue weighted by atomic mass is 10.0. The number of hydrogen-bond donors (Lipinski definition) is 1. The van der Waals surface area contributed by atoms with Crippen molar-refractivity contribution in [3.05, 3.63) is 12.8 Å². The number of carbonyl (C=O) groups is 2. The molecule has 0 bridgehead atoms. The van der Waals surface area contributed by atoms with Crippen LogP contribution in [0.5, 0.6) is 0 Å². The first-order valence-corrected chi connectivity index (χ1v) is 13.7. The van der Waals surface area contributed by atoms with Crippen molar-refractivity contribution in [1.82, 2.24) is 0 Å². The number of carboxylic acid groups (broad SMARTS) is 1. The normalized spacial score (nSPS) is 10.9. The molecule has 0 rings (SSSR count). The Hall–Kier alpha value is -1.32. The second-order valence-corrected chi connectivity index (χ2v) is 9.33. The van der Waals surface area contributed by atoms with Gasteiger partial charge in [0.1, 0.15) is 0 Å². The molecule has 0 heterocycles. The quantitative estimate of drug-likeness (QED) is 0.0807. The fourth-order valence-electron chi connectivity index (χ4n) is 4.23. The lowest BCUT2D eigenvalue weighted by molar-refractivity contribution is -0.138. The summed E-state index contributed by atoms with van der Waals surface area (Å²) >= 11 is 0. The molecule has 188 valence electrons. The van der Waals surface area contributed by atoms with Gasteiger partial charge in [0.15, 0.2) is 0 Å². The van der Waals surface area contributed by atoms with Crippen molar-refractivity contribution in [2.24, 2.45) is 0 Å². The number of unbranched alkanes of at least 4 members (excludes halogenated alkanes) is 21. The summed E-state index contributed by atoms with van der Waals surface area (Å²) in [6.07, 6.45) is 30.4. The van der Waals surface area contributed by atoms with Gasteiger partial charge >= 0.3 is 11.9 Å². The maximum Gasteiger partial charge on any atom is 0.310 e. The maximum absolute atomic E-state index is 11.2. The molecule has 1 N–H and O–H groups in total. The van der Waals surface area contributed by atoms with Crippen molar-refractivity contribution in [3.8, 4) is 0 Å². The van der Waals surface area contributed by atoms with Gasteiger partial charge in [-0.2, -0.15) is 0 Å². The lowest BCUT2D eigenvalue weighted by Crippen LogP contribution is -1.98. The van der Waals surface area contributed by atoms with E-state index in [1.165, 1.54) is 122 Å². The minimum absolute atomic E-state index is 0.158. The Morgan fingerprint density at radius 2 is 0.750 bits per heavy atom. The molecule has 0 aromatic rings. The van der Waals surface area contributed by atoms with E-state index in [4.69, 9.17) is 9.84 Å². The molecule has 4 heteroatoms. The van der Waals surface area contributed by atoms with E-state index in [1.54, 1.807) is 0 Å². The summed E-state index contributed by atoms with van der Waals surface area (Å²) < 4.78 is 4.71. The minimum Gasteiger partial charge on any atom is -0.481 e. The fourth-order valence-corrected chi connectivity index (χ4v) is 4.23. The topological polar surface area (TPSA) is 63.6 Å². The van der Waals surface area contributed by atoms with Crippen LogP contribution in [0.2, 0.25) is 0 Å². The molecule has 0 spiro atoms. The molecular formula is C28H52O4. The average Bonchev–Trinajstić information content (AvgIpc) is 2.76. The third-order valence-electron chi connectivity index (χ3n) is 6.24. The lowest BCUT2D eigenvalue weighted by Gasteiger charge is -2.04. The van der Waals surface area contributed by atoms with E-state index in [0.29, 0.717) is 12.8 Å². The van der Waals surface area contributed by atoms with Crippen molar-refractivity contribution in [1.29, 1.82) is 0 Å². The molecular weight excluding hydrogens is 400 g/mol. The molecule has 32 heavy (non-hydrogen) atoms. The molecule has 0 saturated carbocycles. The van der Waals surface area contributed by atoms with Gasteiger partial charge in [0.25, 0.3) is 0 Å². The summed E-state index contributed by atoms with van der Waals surface area (Å²) in [5.74, 6) is -0.819. The van der Waals surface area contributed by atoms with E-state index in [2.05, 4.69) is 6.58 Å². The number of esters is 1. The molecule has 0 aliphatic rings. The van der Waals surface area contributed by atoms with Crippen LogP contribution in [-0.4, -0.2) is 17.0 Å². The number of aliphatic carboxylic acids is 1. The van der Waals surface area contributed by atoms with Crippen LogP contribution in [-0.2, 0) is 14.3 Å². The molecule has 0 amide bonds. The summed E-state index contributed by atoms with van der Waals surface area (Å²) in [6, 6.07) is 0. The van der Waals surface area contributed by atoms with E-state index >= 15 is 0 Å². The predicted octanol–water partition coefficient (Wildman–Crippen LogP) is 9.12. The van der Waals surface area contributed by atoms with Gasteiger partial charge in [0, 0.05) is 12.8 Å². The fraction of sp³-hybridized carbons (Fsp3) is 0.857. The summed E-state index contributed by atoms with van der Waals surface area (Å²) in [6.45, 7) is 3.39. The van der Waals surface area contributed by atoms with Gasteiger partial charge in [-0.25, -0.2) is 0 Å². The van der Waals surface area contributed by atoms with Crippen molar-refractivity contribution in [3.63, 3.8) is 0 Å². The van der Waals surface area contributed by atoms with Gasteiger partial charge in [-0.15, -0.1) is 0 Å². The summed E-state index contributed by atoms with van der Waals surface area (Å²) in [5, 5.41) is 8.60. The first-order chi connectivity index (χ1) is 15.7. The smallest absolute Gasteiger partial charge is 0.310 e. The Labute approximate surface area is 198 Å². The molecule has 0 unspecified atom stereocenters. The minimum atomic E-state index is -0.661. The van der Waals surface area contributed by atoms with Crippen LogP contribution in [0.1, 0.15) is 154 Å². The highest BCUT2D eigenvalue weighted by Gasteiger charge is 2.00. The number of ether oxygens (including phenoxy) is 1. The molecule has 0 fully saturated rings. The second-order valence-electron chi connectivity index (χ2n) is 9.33. The van der Waals surface area contributed by atoms with Crippen molar-refractivity contribution < 1.29 is 19.4 Å². The van der Waals surface area contributed by atoms with Crippen molar-refractivity contribution >= 4 is 11.9 Å². The zero-order valence-corrected chi connectivity index (χ0v) is 20.9. The highest BCUT2D eigenvalue weighted by Crippen LogP contribution is 2.15. The van der Waals surface area contributed by atoms with Gasteiger partial charge in [0.05, 0.1) is 6.26 Å². The third kappa shape index (κ3) is 26.7. The number of hydrogen-bond acceptors (Lipinski definition) is 3. The first kappa shape index (κ1) is 30.7. The number of rotatable bonds is 26. The molecule has 0 aromatic heterocycles. The molecule has 0 saturated heterocycles. The zero-order chi connectivity index (χ0) is 23.5. The van der Waals surface area contributed by atoms with E-state index < -0.39 is 5.97 Å². The summed E-state index contributed by atoms with van der Waals surface area (Å²) in [7, 11) is 0. The molecule has 0 atom stereocenters. The van der Waals surface area contributed by atoms with Crippen molar-refractivity contribution in [2.75, 3.05) is 0 Å². The summed E-state index contributed by atoms with van der Waals surface area (Å²) in [4.78, 5) is 21.6. The molecule has 4 nitrogen and oxygen atoms in total. The number of carboxylic acids is 1. The van der Waals surface area contributed by atoms with Crippen LogP contribution in [0.15, 0.2) is 12.8 Å². The molecule has 0 aliphatic heterocycles. The average molecular weight is 453 g/mol. The molecule has 0 radical (unpaired) electrons. The third-order valence-corrected chi connectivity index (χ3v) is 6.24. The summed E-state index contributed by atoms with van der Waals surface area (Å²) in [5.41, 5.74) is 0. The van der Waals surface area contributed by atoms with E-state index in [0.717, 1.165) is 25.7 Å². The van der Waals surface area contributed by atoms with Crippen LogP contribution in [0.3, 0.4) is 0 Å². The van der Waals surface area contributed by atoms with Gasteiger partial charge < -0.3 is 9.84 Å². The van der Waals surface area contributed by atoms with Gasteiger partial charge in [-0.3, -0.25) is 9.59 Å². The highest BCUT2D eigenvalue weighted by atomic mass is 16.5. The first-order valence-electron chi connectivity index (χ1n) is 13.7. The van der Waals surface area contributed by atoms with E-state index in [9.17, 15) is 9.59 Å². The predicted molar refractivity (Wildman–Crippen MR) is 135 cm³/mol. The number of carbonyl (C=O) groups excluding carboxylic acids is 1. The SMILES string of the molecule is C=COC(=O)CCCCCCCCCCCCCCCCCCCCCCCCC(=O)O. The Balaban J connectivity index is 3.06. The van der Waals surface area contributed by atoms with Crippen LogP contribution in [0, 0.1) is 0 Å². The largest absolute Gasteiger partial charge is 0.481 e. The Morgan fingerprint density at radius 3 is 1.00 bits per heavy atom. The van der Waals surface area contributed by atoms with E-state index in [-0.39, 0.29) is 5.97 Å². The Bertz CT molecular complexity index is 433. The molecule has 0 aliphatic carbocycles. The maximum atomic E-state index is 11.2. The van der Waals surface area contributed by atoms with Crippen LogP contribution < -0.4 is 0 Å². The van der Waals surface area contributed by atoms with Crippen LogP contribution in [0.4, 0.5) is 0 Å². The van der Waals surface area contributed by atoms with Gasteiger partial charge in [-0.1, -0.05) is 135 Å². The monoisotopic (exact) mass is 452 g/mol. The zero-order valence-electron chi connectivity index (χ0n) is 20.9.